The Kier molecular flexibility index (Phi) is 5.15. The monoisotopic (exact) mass is 386 g/mol. The Morgan fingerprint density at radius 1 is 1.07 bits per heavy atom. The molecule has 0 aliphatic heterocycles. The molecule has 8 heteroatoms. The highest BCUT2D eigenvalue weighted by Gasteiger charge is 2.12. The second-order valence-corrected chi connectivity index (χ2v) is 6.01. The molecule has 0 atom stereocenters. The number of hydrogen-bond donors (Lipinski definition) is 1. The number of para-hydroxylation sites is 1. The number of nitrogens with zero attached hydrogens (tertiary/aromatic N) is 5. The minimum Gasteiger partial charge on any atom is -0.265 e. The molecule has 1 N–H and O–H groups in total. The van der Waals surface area contributed by atoms with Crippen molar-refractivity contribution in [3.05, 3.63) is 96.5 Å². The second kappa shape index (κ2) is 8.22. The molecule has 2 heterocycles. The molecule has 7 nitrogen and oxygen atoms in total. The van der Waals surface area contributed by atoms with E-state index in [0.717, 1.165) is 11.3 Å². The van der Waals surface area contributed by atoms with Crippen molar-refractivity contribution in [2.45, 2.75) is 0 Å². The largest absolute Gasteiger partial charge is 0.291 e. The van der Waals surface area contributed by atoms with Crippen LogP contribution in [0.4, 0.5) is 4.39 Å². The van der Waals surface area contributed by atoms with Crippen LogP contribution in [0.3, 0.4) is 0 Å². The van der Waals surface area contributed by atoms with Crippen LogP contribution in [-0.4, -0.2) is 31.9 Å². The van der Waals surface area contributed by atoms with Gasteiger partial charge in [-0.3, -0.25) is 9.78 Å². The molecule has 0 saturated carbocycles. The van der Waals surface area contributed by atoms with Crippen LogP contribution in [0.2, 0.25) is 0 Å². The first-order valence-corrected chi connectivity index (χ1v) is 8.71. The average Bonchev–Trinajstić information content (AvgIpc) is 3.19. The summed E-state index contributed by atoms with van der Waals surface area (Å²) in [5.41, 5.74) is 5.41. The first kappa shape index (κ1) is 18.2. The summed E-state index contributed by atoms with van der Waals surface area (Å²) in [6, 6.07) is 15.6. The smallest absolute Gasteiger partial charge is 0.265 e. The van der Waals surface area contributed by atoms with E-state index < -0.39 is 5.91 Å². The number of rotatable bonds is 5. The second-order valence-electron chi connectivity index (χ2n) is 6.01. The van der Waals surface area contributed by atoms with Crippen LogP contribution < -0.4 is 5.43 Å². The van der Waals surface area contributed by atoms with Gasteiger partial charge in [-0.05, 0) is 36.4 Å². The Bertz CT molecular complexity index is 1140. The summed E-state index contributed by atoms with van der Waals surface area (Å²) < 4.78 is 15.0. The van der Waals surface area contributed by atoms with Crippen molar-refractivity contribution in [2.24, 2.45) is 5.10 Å². The predicted molar refractivity (Wildman–Crippen MR) is 106 cm³/mol. The normalized spacial score (nSPS) is 10.9. The predicted octanol–water partition coefficient (Wildman–Crippen LogP) is 3.23. The summed E-state index contributed by atoms with van der Waals surface area (Å²) >= 11 is 0. The Hall–Kier alpha value is -4.20. The molecule has 1 amide bonds. The van der Waals surface area contributed by atoms with Crippen LogP contribution in [0.25, 0.3) is 16.9 Å². The van der Waals surface area contributed by atoms with Crippen molar-refractivity contribution in [1.82, 2.24) is 25.2 Å². The molecule has 4 rings (SSSR count). The zero-order valence-electron chi connectivity index (χ0n) is 15.1. The first-order chi connectivity index (χ1) is 14.2. The summed E-state index contributed by atoms with van der Waals surface area (Å²) in [6.45, 7) is 0. The van der Waals surface area contributed by atoms with Gasteiger partial charge in [-0.1, -0.05) is 18.2 Å². The van der Waals surface area contributed by atoms with Gasteiger partial charge in [0, 0.05) is 29.7 Å². The highest BCUT2D eigenvalue weighted by Crippen LogP contribution is 2.23. The lowest BCUT2D eigenvalue weighted by molar-refractivity contribution is 0.0949. The Morgan fingerprint density at radius 3 is 2.59 bits per heavy atom. The molecule has 0 aliphatic carbocycles. The van der Waals surface area contributed by atoms with Crippen LogP contribution in [0.15, 0.2) is 84.5 Å². The van der Waals surface area contributed by atoms with Crippen LogP contribution in [0.5, 0.6) is 0 Å². The lowest BCUT2D eigenvalue weighted by Gasteiger charge is -2.00. The number of nitrogens with one attached hydrogen (secondary N) is 1. The van der Waals surface area contributed by atoms with Gasteiger partial charge in [0.1, 0.15) is 17.2 Å². The molecular weight excluding hydrogens is 371 g/mol. The van der Waals surface area contributed by atoms with Gasteiger partial charge >= 0.3 is 0 Å². The minimum absolute atomic E-state index is 0.156. The SMILES string of the molecule is O=C(N/N=C/c1cn(-c2ccccc2)nc1-c1ccc(F)cc1)c1cnccn1. The number of halogens is 1. The molecule has 0 fully saturated rings. The Morgan fingerprint density at radius 2 is 1.86 bits per heavy atom. The third-order valence-electron chi connectivity index (χ3n) is 4.05. The summed E-state index contributed by atoms with van der Waals surface area (Å²) in [5.74, 6) is -0.809. The average molecular weight is 386 g/mol. The number of carbonyl (C=O) groups is 1. The molecule has 0 bridgehead atoms. The summed E-state index contributed by atoms with van der Waals surface area (Å²) in [4.78, 5) is 19.8. The maximum atomic E-state index is 13.3. The van der Waals surface area contributed by atoms with E-state index in [1.807, 2.05) is 30.3 Å². The lowest BCUT2D eigenvalue weighted by Crippen LogP contribution is -2.19. The van der Waals surface area contributed by atoms with Crippen molar-refractivity contribution in [3.63, 3.8) is 0 Å². The number of hydrazone groups is 1. The first-order valence-electron chi connectivity index (χ1n) is 8.71. The molecule has 0 radical (unpaired) electrons. The van der Waals surface area contributed by atoms with Gasteiger partial charge in [0.2, 0.25) is 0 Å². The van der Waals surface area contributed by atoms with E-state index in [0.29, 0.717) is 11.3 Å². The van der Waals surface area contributed by atoms with Gasteiger partial charge in [-0.2, -0.15) is 10.2 Å². The number of benzene rings is 2. The zero-order valence-corrected chi connectivity index (χ0v) is 15.1. The van der Waals surface area contributed by atoms with E-state index in [1.54, 1.807) is 23.0 Å². The van der Waals surface area contributed by atoms with Crippen LogP contribution in [0.1, 0.15) is 16.1 Å². The van der Waals surface area contributed by atoms with E-state index in [2.05, 4.69) is 25.6 Å². The van der Waals surface area contributed by atoms with E-state index in [1.165, 1.54) is 36.9 Å². The maximum Gasteiger partial charge on any atom is 0.291 e. The van der Waals surface area contributed by atoms with E-state index in [9.17, 15) is 9.18 Å². The van der Waals surface area contributed by atoms with Gasteiger partial charge in [0.15, 0.2) is 0 Å². The third kappa shape index (κ3) is 4.22. The van der Waals surface area contributed by atoms with Gasteiger partial charge in [0.25, 0.3) is 5.91 Å². The van der Waals surface area contributed by atoms with Gasteiger partial charge in [-0.15, -0.1) is 0 Å². The minimum atomic E-state index is -0.479. The van der Waals surface area contributed by atoms with Crippen LogP contribution >= 0.6 is 0 Å². The van der Waals surface area contributed by atoms with Crippen molar-refractivity contribution in [2.75, 3.05) is 0 Å². The van der Waals surface area contributed by atoms with Gasteiger partial charge in [-0.25, -0.2) is 19.5 Å². The van der Waals surface area contributed by atoms with Crippen molar-refractivity contribution in [3.8, 4) is 16.9 Å². The number of carbonyl (C=O) groups excluding carboxylic acids is 1. The highest BCUT2D eigenvalue weighted by molar-refractivity contribution is 5.94. The van der Waals surface area contributed by atoms with E-state index in [-0.39, 0.29) is 11.5 Å². The van der Waals surface area contributed by atoms with Gasteiger partial charge < -0.3 is 0 Å². The van der Waals surface area contributed by atoms with E-state index in [4.69, 9.17) is 0 Å². The third-order valence-corrected chi connectivity index (χ3v) is 4.05. The number of amides is 1. The fraction of sp³-hybridized carbons (Fsp3) is 0. The molecule has 142 valence electrons. The summed E-state index contributed by atoms with van der Waals surface area (Å²) in [6.07, 6.45) is 7.52. The van der Waals surface area contributed by atoms with Crippen LogP contribution in [-0.2, 0) is 0 Å². The van der Waals surface area contributed by atoms with Crippen molar-refractivity contribution < 1.29 is 9.18 Å². The molecule has 4 aromatic rings. The molecule has 0 saturated heterocycles. The molecule has 29 heavy (non-hydrogen) atoms. The van der Waals surface area contributed by atoms with Crippen molar-refractivity contribution >= 4 is 12.1 Å². The quantitative estimate of drug-likeness (QED) is 0.422. The Labute approximate surface area is 165 Å². The van der Waals surface area contributed by atoms with Crippen LogP contribution in [0, 0.1) is 5.82 Å². The maximum absolute atomic E-state index is 13.3. The highest BCUT2D eigenvalue weighted by atomic mass is 19.1. The molecular formula is C21H15FN6O. The summed E-state index contributed by atoms with van der Waals surface area (Å²) in [7, 11) is 0. The molecule has 0 unspecified atom stereocenters. The summed E-state index contributed by atoms with van der Waals surface area (Å²) in [5, 5.41) is 8.61. The molecule has 2 aromatic carbocycles. The number of hydrogen-bond acceptors (Lipinski definition) is 5. The molecule has 2 aromatic heterocycles. The van der Waals surface area contributed by atoms with Gasteiger partial charge in [0.05, 0.1) is 18.1 Å². The standard InChI is InChI=1S/C21H15FN6O/c22-17-8-6-15(7-9-17)20-16(14-28(27-20)18-4-2-1-3-5-18)12-25-26-21(29)19-13-23-10-11-24-19/h1-14H,(H,26,29)/b25-12+. The Balaban J connectivity index is 1.64. The molecule has 0 aliphatic rings. The topological polar surface area (TPSA) is 85.1 Å². The van der Waals surface area contributed by atoms with E-state index >= 15 is 0 Å². The lowest BCUT2D eigenvalue weighted by atomic mass is 10.1. The fourth-order valence-electron chi connectivity index (χ4n) is 2.66. The fourth-order valence-corrected chi connectivity index (χ4v) is 2.66. The zero-order chi connectivity index (χ0) is 20.1. The molecule has 0 spiro atoms. The number of aromatic nitrogens is 4. The van der Waals surface area contributed by atoms with Crippen molar-refractivity contribution in [1.29, 1.82) is 0 Å².